The fraction of sp³-hybridized carbons (Fsp3) is 0.0455. The number of rotatable bonds is 6. The molecule has 31 heavy (non-hydrogen) atoms. The molecule has 0 atom stereocenters. The molecule has 6 nitrogen and oxygen atoms in total. The number of carbonyl (C=O) groups excluding carboxylic acids is 1. The van der Waals surface area contributed by atoms with Gasteiger partial charge in [-0.25, -0.2) is 4.98 Å². The van der Waals surface area contributed by atoms with Gasteiger partial charge >= 0.3 is 0 Å². The summed E-state index contributed by atoms with van der Waals surface area (Å²) in [7, 11) is 0. The molecule has 0 unspecified atom stereocenters. The molecule has 0 spiro atoms. The molecule has 0 aliphatic rings. The number of nitrogens with zero attached hydrogens (tertiary/aromatic N) is 4. The SMILES string of the molecule is N#Cc1c(-c2cccs2)cc(-c2cnccn2)nc1SCC(=O)Nc1ccc(Cl)cc1. The van der Waals surface area contributed by atoms with Crippen molar-refractivity contribution in [2.75, 3.05) is 11.1 Å². The third-order valence-electron chi connectivity index (χ3n) is 4.18. The molecule has 0 bridgehead atoms. The van der Waals surface area contributed by atoms with Gasteiger partial charge in [0.15, 0.2) is 0 Å². The fourth-order valence-electron chi connectivity index (χ4n) is 2.79. The number of anilines is 1. The average Bonchev–Trinajstić information content (AvgIpc) is 3.34. The summed E-state index contributed by atoms with van der Waals surface area (Å²) in [6.07, 6.45) is 4.80. The number of amides is 1. The van der Waals surface area contributed by atoms with Crippen LogP contribution in [0.2, 0.25) is 5.02 Å². The van der Waals surface area contributed by atoms with Crippen molar-refractivity contribution in [2.45, 2.75) is 5.03 Å². The summed E-state index contributed by atoms with van der Waals surface area (Å²) in [6, 6.07) is 14.8. The molecule has 0 fully saturated rings. The van der Waals surface area contributed by atoms with Gasteiger partial charge in [-0.05, 0) is 41.8 Å². The van der Waals surface area contributed by atoms with Crippen LogP contribution in [0.5, 0.6) is 0 Å². The zero-order valence-electron chi connectivity index (χ0n) is 15.9. The van der Waals surface area contributed by atoms with Crippen molar-refractivity contribution in [3.8, 4) is 27.9 Å². The number of hydrogen-bond acceptors (Lipinski definition) is 7. The van der Waals surface area contributed by atoms with Crippen molar-refractivity contribution in [3.05, 3.63) is 77.0 Å². The lowest BCUT2D eigenvalue weighted by Gasteiger charge is -2.11. The maximum Gasteiger partial charge on any atom is 0.234 e. The molecule has 1 N–H and O–H groups in total. The first-order valence-corrected chi connectivity index (χ1v) is 11.3. The zero-order chi connectivity index (χ0) is 21.6. The normalized spacial score (nSPS) is 10.5. The minimum absolute atomic E-state index is 0.0953. The Balaban J connectivity index is 1.64. The summed E-state index contributed by atoms with van der Waals surface area (Å²) in [6.45, 7) is 0. The first kappa shape index (κ1) is 21.0. The summed E-state index contributed by atoms with van der Waals surface area (Å²) < 4.78 is 0. The second kappa shape index (κ2) is 9.71. The van der Waals surface area contributed by atoms with Gasteiger partial charge in [0, 0.05) is 33.5 Å². The van der Waals surface area contributed by atoms with Crippen molar-refractivity contribution in [3.63, 3.8) is 0 Å². The van der Waals surface area contributed by atoms with Crippen molar-refractivity contribution in [1.29, 1.82) is 5.26 Å². The Morgan fingerprint density at radius 2 is 2.03 bits per heavy atom. The van der Waals surface area contributed by atoms with Gasteiger partial charge in [-0.3, -0.25) is 14.8 Å². The van der Waals surface area contributed by atoms with Gasteiger partial charge in [-0.1, -0.05) is 29.4 Å². The Morgan fingerprint density at radius 3 is 2.71 bits per heavy atom. The van der Waals surface area contributed by atoms with Crippen LogP contribution in [0.1, 0.15) is 5.56 Å². The second-order valence-electron chi connectivity index (χ2n) is 6.26. The number of carbonyl (C=O) groups is 1. The van der Waals surface area contributed by atoms with E-state index in [9.17, 15) is 10.1 Å². The lowest BCUT2D eigenvalue weighted by molar-refractivity contribution is -0.113. The first-order valence-electron chi connectivity index (χ1n) is 9.07. The van der Waals surface area contributed by atoms with E-state index < -0.39 is 0 Å². The molecule has 0 aliphatic heterocycles. The predicted octanol–water partition coefficient (Wildman–Crippen LogP) is 5.52. The zero-order valence-corrected chi connectivity index (χ0v) is 18.3. The van der Waals surface area contributed by atoms with E-state index in [0.717, 1.165) is 10.4 Å². The maximum absolute atomic E-state index is 12.4. The highest BCUT2D eigenvalue weighted by atomic mass is 35.5. The molecule has 3 aromatic heterocycles. The highest BCUT2D eigenvalue weighted by Crippen LogP contribution is 2.35. The number of hydrogen-bond donors (Lipinski definition) is 1. The summed E-state index contributed by atoms with van der Waals surface area (Å²) in [5, 5.41) is 15.7. The highest BCUT2D eigenvalue weighted by molar-refractivity contribution is 8.00. The lowest BCUT2D eigenvalue weighted by atomic mass is 10.1. The largest absolute Gasteiger partial charge is 0.325 e. The average molecular weight is 464 g/mol. The van der Waals surface area contributed by atoms with Crippen molar-refractivity contribution in [2.24, 2.45) is 0 Å². The Bertz CT molecular complexity index is 1240. The Labute approximate surface area is 192 Å². The number of benzene rings is 1. The molecule has 4 aromatic rings. The van der Waals surface area contributed by atoms with Crippen LogP contribution in [-0.2, 0) is 4.79 Å². The predicted molar refractivity (Wildman–Crippen MR) is 124 cm³/mol. The molecule has 9 heteroatoms. The van der Waals surface area contributed by atoms with Gasteiger partial charge in [-0.15, -0.1) is 11.3 Å². The van der Waals surface area contributed by atoms with E-state index in [2.05, 4.69) is 26.3 Å². The fourth-order valence-corrected chi connectivity index (χ4v) is 4.46. The van der Waals surface area contributed by atoms with Crippen LogP contribution in [0.15, 0.2) is 71.5 Å². The van der Waals surface area contributed by atoms with Crippen molar-refractivity contribution >= 4 is 46.3 Å². The van der Waals surface area contributed by atoms with E-state index in [1.54, 1.807) is 42.9 Å². The molecular formula is C22H14ClN5OS2. The molecule has 3 heterocycles. The summed E-state index contributed by atoms with van der Waals surface area (Å²) in [5.74, 6) is -0.112. The van der Waals surface area contributed by atoms with Gasteiger partial charge in [0.2, 0.25) is 5.91 Å². The first-order chi connectivity index (χ1) is 15.1. The van der Waals surface area contributed by atoms with Gasteiger partial charge in [0.05, 0.1) is 23.2 Å². The molecule has 152 valence electrons. The second-order valence-corrected chi connectivity index (χ2v) is 8.61. The van der Waals surface area contributed by atoms with E-state index in [0.29, 0.717) is 32.7 Å². The topological polar surface area (TPSA) is 91.6 Å². The Morgan fingerprint density at radius 1 is 1.19 bits per heavy atom. The molecule has 0 saturated carbocycles. The Hall–Kier alpha value is -3.25. The molecular weight excluding hydrogens is 450 g/mol. The maximum atomic E-state index is 12.4. The summed E-state index contributed by atoms with van der Waals surface area (Å²) in [4.78, 5) is 26.4. The molecule has 4 rings (SSSR count). The number of aromatic nitrogens is 3. The van der Waals surface area contributed by atoms with Crippen LogP contribution < -0.4 is 5.32 Å². The van der Waals surface area contributed by atoms with E-state index >= 15 is 0 Å². The molecule has 0 saturated heterocycles. The van der Waals surface area contributed by atoms with E-state index in [1.165, 1.54) is 23.1 Å². The monoisotopic (exact) mass is 463 g/mol. The van der Waals surface area contributed by atoms with E-state index in [-0.39, 0.29) is 11.7 Å². The van der Waals surface area contributed by atoms with Gasteiger partial charge in [0.1, 0.15) is 16.8 Å². The molecule has 0 radical (unpaired) electrons. The number of pyridine rings is 1. The standard InChI is InChI=1S/C22H14ClN5OS2/c23-14-3-5-15(6-4-14)27-21(29)13-31-22-17(11-24)16(20-2-1-9-30-20)10-18(28-22)19-12-25-7-8-26-19/h1-10,12H,13H2,(H,27,29). The van der Waals surface area contributed by atoms with Crippen LogP contribution in [-0.4, -0.2) is 26.6 Å². The van der Waals surface area contributed by atoms with E-state index in [1.807, 2.05) is 23.6 Å². The van der Waals surface area contributed by atoms with Crippen LogP contribution >= 0.6 is 34.7 Å². The molecule has 1 amide bonds. The number of nitriles is 1. The van der Waals surface area contributed by atoms with Crippen molar-refractivity contribution in [1.82, 2.24) is 15.0 Å². The van der Waals surface area contributed by atoms with Crippen LogP contribution in [0.3, 0.4) is 0 Å². The molecule has 0 aliphatic carbocycles. The number of thioether (sulfide) groups is 1. The number of thiophene rings is 1. The van der Waals surface area contributed by atoms with Crippen LogP contribution in [0, 0.1) is 11.3 Å². The highest BCUT2D eigenvalue weighted by Gasteiger charge is 2.18. The Kier molecular flexibility index (Phi) is 6.57. The van der Waals surface area contributed by atoms with Gasteiger partial charge in [-0.2, -0.15) is 5.26 Å². The minimum Gasteiger partial charge on any atom is -0.325 e. The number of nitrogens with one attached hydrogen (secondary N) is 1. The minimum atomic E-state index is -0.208. The quantitative estimate of drug-likeness (QED) is 0.378. The summed E-state index contributed by atoms with van der Waals surface area (Å²) in [5.41, 5.74) is 3.03. The van der Waals surface area contributed by atoms with Crippen molar-refractivity contribution < 1.29 is 4.79 Å². The van der Waals surface area contributed by atoms with E-state index in [4.69, 9.17) is 11.6 Å². The summed E-state index contributed by atoms with van der Waals surface area (Å²) >= 11 is 8.62. The molecule has 1 aromatic carbocycles. The van der Waals surface area contributed by atoms with Crippen LogP contribution in [0.4, 0.5) is 5.69 Å². The van der Waals surface area contributed by atoms with Gasteiger partial charge < -0.3 is 5.32 Å². The van der Waals surface area contributed by atoms with Gasteiger partial charge in [0.25, 0.3) is 0 Å². The smallest absolute Gasteiger partial charge is 0.234 e. The lowest BCUT2D eigenvalue weighted by Crippen LogP contribution is -2.14. The number of halogens is 1. The third-order valence-corrected chi connectivity index (χ3v) is 6.31. The third kappa shape index (κ3) is 5.09. The van der Waals surface area contributed by atoms with Crippen LogP contribution in [0.25, 0.3) is 21.8 Å².